The first-order valence-electron chi connectivity index (χ1n) is 14.0. The number of carbonyl (C=O) groups excluding carboxylic acids is 2. The van der Waals surface area contributed by atoms with Crippen LogP contribution in [0.15, 0.2) is 42.5 Å². The standard InChI is InChI=1S/C19H29NO5.C10H14O.C2H6.CH3BIP/c1-13(15-8-7-9-16(18(15)23)19(2,3)4)20(5)14(11-25-12-21)10-17(22)24-6;1-10(2,3)8-6-4-5-7-9(8)11;1-2;1-4(2)3/h7-9,12-14,23H,10-11H2,1-6H3;4-7,11H,1-3H3;1-2H3;1H3. The van der Waals surface area contributed by atoms with Crippen molar-refractivity contribution in [3.05, 3.63) is 59.2 Å². The quantitative estimate of drug-likeness (QED) is 0.0940. The number of ether oxygens (including phenoxy) is 2. The van der Waals surface area contributed by atoms with Crippen molar-refractivity contribution in [2.75, 3.05) is 27.4 Å². The predicted octanol–water partition coefficient (Wildman–Crippen LogP) is 8.03. The Labute approximate surface area is 270 Å². The van der Waals surface area contributed by atoms with E-state index in [2.05, 4.69) is 42.8 Å². The maximum atomic E-state index is 11.7. The topological polar surface area (TPSA) is 96.3 Å². The second-order valence-corrected chi connectivity index (χ2v) is 17.1. The van der Waals surface area contributed by atoms with E-state index in [1.807, 2.05) is 96.6 Å². The van der Waals surface area contributed by atoms with Crippen LogP contribution in [0.1, 0.15) is 91.5 Å². The van der Waals surface area contributed by atoms with Crippen LogP contribution >= 0.6 is 27.5 Å². The SMILES string of the molecule is CC.CC(C)(C)c1ccccc1O.COC(=O)CC(COC=O)N(C)C(C)c1cccc(C(C)(C)C)c1O.[B]P(C)I. The second-order valence-electron chi connectivity index (χ2n) is 11.5. The third-order valence-electron chi connectivity index (χ3n) is 6.21. The number of phenols is 2. The lowest BCUT2D eigenvalue weighted by Crippen LogP contribution is -2.39. The molecule has 0 aliphatic rings. The van der Waals surface area contributed by atoms with Gasteiger partial charge >= 0.3 is 5.97 Å². The Morgan fingerprint density at radius 3 is 1.90 bits per heavy atom. The molecular weight excluding hydrogens is 663 g/mol. The molecule has 0 saturated heterocycles. The molecule has 0 heterocycles. The largest absolute Gasteiger partial charge is 0.508 e. The number of benzene rings is 2. The lowest BCUT2D eigenvalue weighted by Gasteiger charge is -2.33. The lowest BCUT2D eigenvalue weighted by molar-refractivity contribution is -0.144. The fourth-order valence-electron chi connectivity index (χ4n) is 3.89. The van der Waals surface area contributed by atoms with Gasteiger partial charge < -0.3 is 19.7 Å². The van der Waals surface area contributed by atoms with Crippen LogP contribution in [0.5, 0.6) is 11.5 Å². The Bertz CT molecular complexity index is 1050. The van der Waals surface area contributed by atoms with E-state index in [-0.39, 0.29) is 53.1 Å². The fourth-order valence-corrected chi connectivity index (χ4v) is 3.89. The number of phenolic OH excluding ortho intramolecular Hbond substituents is 2. The lowest BCUT2D eigenvalue weighted by atomic mass is 9.84. The van der Waals surface area contributed by atoms with Crippen LogP contribution in [-0.2, 0) is 29.9 Å². The van der Waals surface area contributed by atoms with Crippen molar-refractivity contribution in [2.45, 2.75) is 91.6 Å². The number of hydrogen-bond acceptors (Lipinski definition) is 7. The van der Waals surface area contributed by atoms with Crippen LogP contribution in [0.3, 0.4) is 0 Å². The minimum absolute atomic E-state index is 0.0331. The summed E-state index contributed by atoms with van der Waals surface area (Å²) in [5, 5.41) is 20.2. The molecule has 0 aromatic heterocycles. The minimum Gasteiger partial charge on any atom is -0.508 e. The average Bonchev–Trinajstić information content (AvgIpc) is 2.90. The summed E-state index contributed by atoms with van der Waals surface area (Å²) in [4.78, 5) is 24.1. The molecule has 2 rings (SSSR count). The van der Waals surface area contributed by atoms with E-state index in [1.165, 1.54) is 7.11 Å². The molecule has 236 valence electrons. The normalized spacial score (nSPS) is 13.0. The molecule has 0 spiro atoms. The van der Waals surface area contributed by atoms with Gasteiger partial charge in [0.25, 0.3) is 6.47 Å². The zero-order valence-electron chi connectivity index (χ0n) is 27.6. The van der Waals surface area contributed by atoms with Gasteiger partial charge in [-0.05, 0) is 48.7 Å². The summed E-state index contributed by atoms with van der Waals surface area (Å²) in [6, 6.07) is 12.6. The molecular formula is C32H52BINO6P. The van der Waals surface area contributed by atoms with Crippen LogP contribution < -0.4 is 0 Å². The first-order valence-corrected chi connectivity index (χ1v) is 18.6. The van der Waals surface area contributed by atoms with Crippen molar-refractivity contribution >= 4 is 47.5 Å². The molecule has 2 aromatic rings. The maximum Gasteiger partial charge on any atom is 0.307 e. The first kappa shape index (κ1) is 42.3. The maximum absolute atomic E-state index is 11.7. The summed E-state index contributed by atoms with van der Waals surface area (Å²) < 4.78 is 9.59. The average molecular weight is 715 g/mol. The van der Waals surface area contributed by atoms with Gasteiger partial charge in [0.05, 0.1) is 19.6 Å². The Balaban J connectivity index is 0. The van der Waals surface area contributed by atoms with E-state index < -0.39 is 0 Å². The van der Waals surface area contributed by atoms with Gasteiger partial charge in [-0.3, -0.25) is 14.5 Å². The van der Waals surface area contributed by atoms with Gasteiger partial charge in [-0.25, -0.2) is 0 Å². The number of halogens is 1. The molecule has 2 aromatic carbocycles. The van der Waals surface area contributed by atoms with E-state index in [9.17, 15) is 19.8 Å². The van der Waals surface area contributed by atoms with Crippen LogP contribution in [0.25, 0.3) is 0 Å². The van der Waals surface area contributed by atoms with Crippen molar-refractivity contribution in [3.63, 3.8) is 0 Å². The van der Waals surface area contributed by atoms with Gasteiger partial charge in [0.2, 0.25) is 0 Å². The Hall–Kier alpha value is -1.84. The highest BCUT2D eigenvalue weighted by Gasteiger charge is 2.28. The van der Waals surface area contributed by atoms with Crippen molar-refractivity contribution in [3.8, 4) is 11.5 Å². The van der Waals surface area contributed by atoms with Gasteiger partial charge in [-0.15, -0.1) is 0 Å². The molecule has 42 heavy (non-hydrogen) atoms. The number of methoxy groups -OCH3 is 1. The summed E-state index contributed by atoms with van der Waals surface area (Å²) in [7, 11) is 8.31. The van der Waals surface area contributed by atoms with E-state index in [4.69, 9.17) is 17.0 Å². The highest BCUT2D eigenvalue weighted by molar-refractivity contribution is 14.2. The molecule has 10 heteroatoms. The summed E-state index contributed by atoms with van der Waals surface area (Å²) in [5.41, 5.74) is 2.31. The Kier molecular flexibility index (Phi) is 21.1. The van der Waals surface area contributed by atoms with Gasteiger partial charge in [0.1, 0.15) is 25.7 Å². The molecule has 0 bridgehead atoms. The highest BCUT2D eigenvalue weighted by Crippen LogP contribution is 2.37. The molecule has 0 amide bonds. The zero-order chi connectivity index (χ0) is 33.3. The monoisotopic (exact) mass is 715 g/mol. The summed E-state index contributed by atoms with van der Waals surface area (Å²) in [6.45, 7) is 20.7. The van der Waals surface area contributed by atoms with Gasteiger partial charge in [-0.1, -0.05) is 119 Å². The molecule has 7 nitrogen and oxygen atoms in total. The van der Waals surface area contributed by atoms with Crippen LogP contribution in [-0.4, -0.2) is 68.6 Å². The summed E-state index contributed by atoms with van der Waals surface area (Å²) >= 11 is 2.19. The van der Waals surface area contributed by atoms with E-state index >= 15 is 0 Å². The van der Waals surface area contributed by atoms with Crippen LogP contribution in [0.4, 0.5) is 0 Å². The van der Waals surface area contributed by atoms with Crippen molar-refractivity contribution in [1.82, 2.24) is 4.90 Å². The van der Waals surface area contributed by atoms with Crippen molar-refractivity contribution < 1.29 is 29.3 Å². The molecule has 3 atom stereocenters. The number of likely N-dealkylation sites (N-methyl/N-ethyl adjacent to an activating group) is 1. The zero-order valence-corrected chi connectivity index (χ0v) is 30.6. The van der Waals surface area contributed by atoms with Crippen LogP contribution in [0, 0.1) is 0 Å². The molecule has 0 fully saturated rings. The van der Waals surface area contributed by atoms with E-state index in [0.29, 0.717) is 12.2 Å². The van der Waals surface area contributed by atoms with E-state index in [0.717, 1.165) is 16.7 Å². The fraction of sp³-hybridized carbons (Fsp3) is 0.562. The number of para-hydroxylation sites is 2. The molecule has 2 N–H and O–H groups in total. The van der Waals surface area contributed by atoms with Crippen LogP contribution in [0.2, 0.25) is 0 Å². The van der Waals surface area contributed by atoms with E-state index in [1.54, 1.807) is 6.07 Å². The molecule has 0 saturated carbocycles. The number of rotatable bonds is 8. The van der Waals surface area contributed by atoms with Gasteiger partial charge in [-0.2, -0.15) is 0 Å². The van der Waals surface area contributed by atoms with Gasteiger partial charge in [0, 0.05) is 11.6 Å². The van der Waals surface area contributed by atoms with Crippen molar-refractivity contribution in [2.24, 2.45) is 0 Å². The summed E-state index contributed by atoms with van der Waals surface area (Å²) in [6.07, 6.45) is 0.0882. The number of carbonyl (C=O) groups is 2. The molecule has 2 radical (unpaired) electrons. The summed E-state index contributed by atoms with van der Waals surface area (Å²) in [5.74, 6) is 0.258. The predicted molar refractivity (Wildman–Crippen MR) is 186 cm³/mol. The highest BCUT2D eigenvalue weighted by atomic mass is 127. The Morgan fingerprint density at radius 1 is 1.02 bits per heavy atom. The first-order chi connectivity index (χ1) is 19.4. The minimum atomic E-state index is -0.383. The number of nitrogens with zero attached hydrogens (tertiary/aromatic N) is 1. The Morgan fingerprint density at radius 2 is 1.50 bits per heavy atom. The van der Waals surface area contributed by atoms with Crippen molar-refractivity contribution in [1.29, 1.82) is 0 Å². The van der Waals surface area contributed by atoms with Gasteiger partial charge in [0.15, 0.2) is 0 Å². The molecule has 0 aliphatic carbocycles. The number of aromatic hydroxyl groups is 2. The number of esters is 1. The second kappa shape index (κ2) is 21.0. The molecule has 3 unspecified atom stereocenters. The number of hydrogen-bond donors (Lipinski definition) is 2. The third kappa shape index (κ3) is 16.1. The smallest absolute Gasteiger partial charge is 0.307 e. The molecule has 0 aliphatic heterocycles. The third-order valence-corrected chi connectivity index (χ3v) is 6.21.